The van der Waals surface area contributed by atoms with Crippen molar-refractivity contribution < 1.29 is 17.6 Å². The van der Waals surface area contributed by atoms with Crippen molar-refractivity contribution in [2.75, 3.05) is 20.1 Å². The van der Waals surface area contributed by atoms with Crippen molar-refractivity contribution in [3.05, 3.63) is 53.1 Å². The van der Waals surface area contributed by atoms with Gasteiger partial charge in [-0.15, -0.1) is 11.3 Å². The number of benzene rings is 1. The Morgan fingerprint density at radius 2 is 1.93 bits per heavy atom. The van der Waals surface area contributed by atoms with Crippen LogP contribution in [-0.2, 0) is 27.8 Å². The summed E-state index contributed by atoms with van der Waals surface area (Å²) in [6, 6.07) is 11.3. The molecule has 0 atom stereocenters. The molecule has 0 bridgehead atoms. The quantitative estimate of drug-likeness (QED) is 0.571. The number of carbonyl (C=O) groups is 1. The minimum absolute atomic E-state index is 0.0653. The number of hydrogen-bond donors (Lipinski definition) is 0. The van der Waals surface area contributed by atoms with Gasteiger partial charge in [-0.25, -0.2) is 8.42 Å². The third-order valence-electron chi connectivity index (χ3n) is 5.77. The highest BCUT2D eigenvalue weighted by Gasteiger charge is 2.33. The van der Waals surface area contributed by atoms with E-state index in [1.807, 2.05) is 38.2 Å². The summed E-state index contributed by atoms with van der Waals surface area (Å²) in [6.45, 7) is 3.29. The van der Waals surface area contributed by atoms with Crippen LogP contribution in [0.5, 0.6) is 0 Å². The molecule has 1 aliphatic heterocycles. The van der Waals surface area contributed by atoms with Crippen molar-refractivity contribution in [2.24, 2.45) is 5.92 Å². The molecule has 0 radical (unpaired) electrons. The van der Waals surface area contributed by atoms with Gasteiger partial charge in [-0.2, -0.15) is 4.31 Å². The zero-order chi connectivity index (χ0) is 21.3. The molecule has 0 saturated carbocycles. The van der Waals surface area contributed by atoms with Crippen LogP contribution in [0.15, 0.2) is 50.4 Å². The maximum absolute atomic E-state index is 13.1. The molecule has 6 nitrogen and oxygen atoms in total. The van der Waals surface area contributed by atoms with Gasteiger partial charge in [0.15, 0.2) is 0 Å². The molecule has 0 unspecified atom stereocenters. The van der Waals surface area contributed by atoms with Crippen LogP contribution in [0.25, 0.3) is 11.0 Å². The lowest BCUT2D eigenvalue weighted by Crippen LogP contribution is -2.43. The number of furan rings is 1. The normalized spacial score (nSPS) is 16.2. The lowest BCUT2D eigenvalue weighted by molar-refractivity contribution is -0.135. The third-order valence-corrected chi connectivity index (χ3v) is 9.04. The second kappa shape index (κ2) is 8.53. The van der Waals surface area contributed by atoms with E-state index in [1.54, 1.807) is 22.4 Å². The molecular formula is C22H26N2O4S2. The molecule has 3 heterocycles. The highest BCUT2D eigenvalue weighted by Crippen LogP contribution is 2.30. The largest absolute Gasteiger partial charge is 0.461 e. The first-order valence-electron chi connectivity index (χ1n) is 10.2. The number of fused-ring (bicyclic) bond motifs is 1. The maximum atomic E-state index is 13.1. The average molecular weight is 447 g/mol. The molecule has 1 aromatic carbocycles. The first kappa shape index (κ1) is 21.1. The van der Waals surface area contributed by atoms with E-state index in [2.05, 4.69) is 0 Å². The molecule has 0 N–H and O–H groups in total. The van der Waals surface area contributed by atoms with Crippen LogP contribution in [0.2, 0.25) is 0 Å². The van der Waals surface area contributed by atoms with E-state index in [0.29, 0.717) is 36.7 Å². The predicted molar refractivity (Wildman–Crippen MR) is 118 cm³/mol. The Morgan fingerprint density at radius 3 is 2.60 bits per heavy atom. The third kappa shape index (κ3) is 3.91. The zero-order valence-corrected chi connectivity index (χ0v) is 18.8. The van der Waals surface area contributed by atoms with E-state index in [1.165, 1.54) is 15.6 Å². The Kier molecular flexibility index (Phi) is 5.99. The molecule has 0 spiro atoms. The number of thiophene rings is 1. The molecule has 1 amide bonds. The summed E-state index contributed by atoms with van der Waals surface area (Å²) in [6.07, 6.45) is 1.85. The Bertz CT molecular complexity index is 1130. The van der Waals surface area contributed by atoms with Crippen LogP contribution >= 0.6 is 11.3 Å². The highest BCUT2D eigenvalue weighted by molar-refractivity contribution is 7.91. The number of carbonyl (C=O) groups excluding carboxylic acids is 1. The molecule has 2 aromatic heterocycles. The Balaban J connectivity index is 1.43. The van der Waals surface area contributed by atoms with Crippen LogP contribution in [0.1, 0.15) is 31.1 Å². The van der Waals surface area contributed by atoms with E-state index < -0.39 is 10.0 Å². The van der Waals surface area contributed by atoms with Crippen LogP contribution in [0.3, 0.4) is 0 Å². The minimum atomic E-state index is -3.45. The Morgan fingerprint density at radius 1 is 1.20 bits per heavy atom. The standard InChI is InChI=1S/C22H26N2O4S2/c1-3-19-18(17-7-4-5-8-20(17)28-19)15-23(2)22(25)16-10-12-24(13-11-16)30(26,27)21-9-6-14-29-21/h4-9,14,16H,3,10-13,15H2,1-2H3. The van der Waals surface area contributed by atoms with Gasteiger partial charge in [-0.05, 0) is 30.4 Å². The predicted octanol–water partition coefficient (Wildman–Crippen LogP) is 4.12. The molecular weight excluding hydrogens is 420 g/mol. The molecule has 3 aromatic rings. The van der Waals surface area contributed by atoms with Crippen LogP contribution in [0.4, 0.5) is 0 Å². The van der Waals surface area contributed by atoms with E-state index in [-0.39, 0.29) is 11.8 Å². The lowest BCUT2D eigenvalue weighted by atomic mass is 9.96. The van der Waals surface area contributed by atoms with Gasteiger partial charge in [0.1, 0.15) is 15.6 Å². The lowest BCUT2D eigenvalue weighted by Gasteiger charge is -2.32. The number of rotatable bonds is 6. The molecule has 0 aliphatic carbocycles. The van der Waals surface area contributed by atoms with E-state index in [9.17, 15) is 13.2 Å². The Hall–Kier alpha value is -2.16. The number of aryl methyl sites for hydroxylation is 1. The molecule has 30 heavy (non-hydrogen) atoms. The summed E-state index contributed by atoms with van der Waals surface area (Å²) in [5.74, 6) is 0.816. The van der Waals surface area contributed by atoms with Crippen LogP contribution in [-0.4, -0.2) is 43.7 Å². The second-order valence-electron chi connectivity index (χ2n) is 7.66. The van der Waals surface area contributed by atoms with E-state index in [4.69, 9.17) is 4.42 Å². The first-order chi connectivity index (χ1) is 14.4. The first-order valence-corrected chi connectivity index (χ1v) is 12.5. The fourth-order valence-electron chi connectivity index (χ4n) is 4.12. The summed E-state index contributed by atoms with van der Waals surface area (Å²) in [4.78, 5) is 14.8. The fourth-order valence-corrected chi connectivity index (χ4v) is 6.73. The van der Waals surface area contributed by atoms with Gasteiger partial charge in [0.05, 0.1) is 0 Å². The molecule has 1 saturated heterocycles. The summed E-state index contributed by atoms with van der Waals surface area (Å²) in [7, 11) is -1.63. The molecule has 160 valence electrons. The maximum Gasteiger partial charge on any atom is 0.252 e. The van der Waals surface area contributed by atoms with Crippen molar-refractivity contribution in [3.8, 4) is 0 Å². The topological polar surface area (TPSA) is 70.8 Å². The van der Waals surface area contributed by atoms with Gasteiger partial charge >= 0.3 is 0 Å². The van der Waals surface area contributed by atoms with Gasteiger partial charge < -0.3 is 9.32 Å². The number of sulfonamides is 1. The van der Waals surface area contributed by atoms with Crippen molar-refractivity contribution in [3.63, 3.8) is 0 Å². The fraction of sp³-hybridized carbons (Fsp3) is 0.409. The zero-order valence-electron chi connectivity index (χ0n) is 17.2. The van der Waals surface area contributed by atoms with E-state index >= 15 is 0 Å². The average Bonchev–Trinajstić information content (AvgIpc) is 3.42. The SMILES string of the molecule is CCc1oc2ccccc2c1CN(C)C(=O)C1CCN(S(=O)(=O)c2cccs2)CC1. The van der Waals surface area contributed by atoms with Crippen LogP contribution < -0.4 is 0 Å². The number of piperidine rings is 1. The van der Waals surface area contributed by atoms with Gasteiger partial charge in [0.2, 0.25) is 5.91 Å². The van der Waals surface area contributed by atoms with Gasteiger partial charge in [-0.3, -0.25) is 4.79 Å². The van der Waals surface area contributed by atoms with Gasteiger partial charge in [0, 0.05) is 50.0 Å². The molecule has 8 heteroatoms. The van der Waals surface area contributed by atoms with Gasteiger partial charge in [-0.1, -0.05) is 31.2 Å². The Labute approximate surface area is 181 Å². The summed E-state index contributed by atoms with van der Waals surface area (Å²) in [5.41, 5.74) is 1.90. The second-order valence-corrected chi connectivity index (χ2v) is 10.8. The van der Waals surface area contributed by atoms with E-state index in [0.717, 1.165) is 28.7 Å². The summed E-state index contributed by atoms with van der Waals surface area (Å²) in [5, 5.41) is 2.81. The minimum Gasteiger partial charge on any atom is -0.461 e. The number of amides is 1. The molecule has 4 rings (SSSR count). The van der Waals surface area contributed by atoms with Crippen molar-refractivity contribution >= 4 is 38.2 Å². The van der Waals surface area contributed by atoms with Gasteiger partial charge in [0.25, 0.3) is 10.0 Å². The monoisotopic (exact) mass is 446 g/mol. The summed E-state index contributed by atoms with van der Waals surface area (Å²) >= 11 is 1.23. The molecule has 1 fully saturated rings. The smallest absolute Gasteiger partial charge is 0.252 e. The number of para-hydroxylation sites is 1. The number of hydrogen-bond acceptors (Lipinski definition) is 5. The summed E-state index contributed by atoms with van der Waals surface area (Å²) < 4.78 is 33.2. The highest BCUT2D eigenvalue weighted by atomic mass is 32.2. The van der Waals surface area contributed by atoms with Crippen molar-refractivity contribution in [2.45, 2.75) is 36.9 Å². The van der Waals surface area contributed by atoms with Crippen LogP contribution in [0, 0.1) is 5.92 Å². The van der Waals surface area contributed by atoms with Crippen molar-refractivity contribution in [1.29, 1.82) is 0 Å². The van der Waals surface area contributed by atoms with Crippen molar-refractivity contribution in [1.82, 2.24) is 9.21 Å². The molecule has 1 aliphatic rings. The number of nitrogens with zero attached hydrogens (tertiary/aromatic N) is 2.